The maximum atomic E-state index is 6.21. The Hall–Kier alpha value is -1.80. The van der Waals surface area contributed by atoms with Crippen LogP contribution in [0, 0.1) is 6.92 Å². The molecule has 0 amide bonds. The van der Waals surface area contributed by atoms with Crippen LogP contribution < -0.4 is 4.74 Å². The fraction of sp³-hybridized carbons (Fsp3) is 0.333. The van der Waals surface area contributed by atoms with Gasteiger partial charge in [0.1, 0.15) is 11.9 Å². The van der Waals surface area contributed by atoms with Gasteiger partial charge in [-0.15, -0.1) is 0 Å². The van der Waals surface area contributed by atoms with Crippen molar-refractivity contribution in [2.75, 3.05) is 20.6 Å². The average molecular weight is 269 g/mol. The molecule has 1 unspecified atom stereocenters. The van der Waals surface area contributed by atoms with E-state index in [1.165, 1.54) is 11.1 Å². The number of aryl methyl sites for hydroxylation is 1. The number of rotatable bonds is 6. The first kappa shape index (κ1) is 14.6. The van der Waals surface area contributed by atoms with Crippen molar-refractivity contribution < 1.29 is 4.74 Å². The summed E-state index contributed by atoms with van der Waals surface area (Å²) in [7, 11) is 4.18. The fourth-order valence-electron chi connectivity index (χ4n) is 2.19. The highest BCUT2D eigenvalue weighted by Crippen LogP contribution is 2.25. The second-order valence-corrected chi connectivity index (χ2v) is 5.43. The standard InChI is InChI=1S/C18H23NO/c1-15-8-7-11-17(14-15)20-18(12-13-19(2)3)16-9-5-4-6-10-16/h4-11,14,18H,12-13H2,1-3H3. The van der Waals surface area contributed by atoms with Crippen molar-refractivity contribution >= 4 is 0 Å². The van der Waals surface area contributed by atoms with E-state index in [0.717, 1.165) is 18.7 Å². The molecule has 2 aromatic rings. The van der Waals surface area contributed by atoms with Gasteiger partial charge in [0.2, 0.25) is 0 Å². The molecule has 0 radical (unpaired) electrons. The zero-order valence-corrected chi connectivity index (χ0v) is 12.5. The molecule has 20 heavy (non-hydrogen) atoms. The van der Waals surface area contributed by atoms with Crippen molar-refractivity contribution in [2.45, 2.75) is 19.4 Å². The zero-order valence-electron chi connectivity index (χ0n) is 12.5. The Balaban J connectivity index is 2.14. The third-order valence-corrected chi connectivity index (χ3v) is 3.28. The van der Waals surface area contributed by atoms with E-state index >= 15 is 0 Å². The molecule has 0 spiro atoms. The maximum absolute atomic E-state index is 6.21. The van der Waals surface area contributed by atoms with Crippen LogP contribution in [0.25, 0.3) is 0 Å². The van der Waals surface area contributed by atoms with E-state index in [2.05, 4.69) is 62.3 Å². The smallest absolute Gasteiger partial charge is 0.125 e. The number of nitrogens with zero attached hydrogens (tertiary/aromatic N) is 1. The largest absolute Gasteiger partial charge is 0.486 e. The Morgan fingerprint density at radius 2 is 1.75 bits per heavy atom. The molecule has 0 aliphatic heterocycles. The molecule has 0 N–H and O–H groups in total. The van der Waals surface area contributed by atoms with Crippen LogP contribution in [0.5, 0.6) is 5.75 Å². The van der Waals surface area contributed by atoms with Crippen LogP contribution in [0.1, 0.15) is 23.7 Å². The summed E-state index contributed by atoms with van der Waals surface area (Å²) in [6.45, 7) is 3.09. The first-order chi connectivity index (χ1) is 9.65. The van der Waals surface area contributed by atoms with Crippen molar-refractivity contribution in [3.63, 3.8) is 0 Å². The van der Waals surface area contributed by atoms with E-state index in [1.54, 1.807) is 0 Å². The van der Waals surface area contributed by atoms with Crippen LogP contribution in [0.3, 0.4) is 0 Å². The predicted octanol–water partition coefficient (Wildman–Crippen LogP) is 4.07. The van der Waals surface area contributed by atoms with Gasteiger partial charge in [-0.2, -0.15) is 0 Å². The van der Waals surface area contributed by atoms with Gasteiger partial charge in [-0.3, -0.25) is 0 Å². The van der Waals surface area contributed by atoms with Gasteiger partial charge in [0.05, 0.1) is 0 Å². The molecule has 2 nitrogen and oxygen atoms in total. The van der Waals surface area contributed by atoms with Gasteiger partial charge < -0.3 is 9.64 Å². The maximum Gasteiger partial charge on any atom is 0.125 e. The predicted molar refractivity (Wildman–Crippen MR) is 84.2 cm³/mol. The van der Waals surface area contributed by atoms with Crippen LogP contribution in [0.2, 0.25) is 0 Å². The zero-order chi connectivity index (χ0) is 14.4. The minimum absolute atomic E-state index is 0.0976. The summed E-state index contributed by atoms with van der Waals surface area (Å²) >= 11 is 0. The summed E-state index contributed by atoms with van der Waals surface area (Å²) in [4.78, 5) is 2.19. The van der Waals surface area contributed by atoms with Crippen molar-refractivity contribution in [1.82, 2.24) is 4.90 Å². The molecule has 2 rings (SSSR count). The average Bonchev–Trinajstić information content (AvgIpc) is 2.44. The molecule has 106 valence electrons. The third-order valence-electron chi connectivity index (χ3n) is 3.28. The molecule has 0 aromatic heterocycles. The lowest BCUT2D eigenvalue weighted by Gasteiger charge is -2.21. The van der Waals surface area contributed by atoms with E-state index in [1.807, 2.05) is 18.2 Å². The fourth-order valence-corrected chi connectivity index (χ4v) is 2.19. The lowest BCUT2D eigenvalue weighted by atomic mass is 10.1. The van der Waals surface area contributed by atoms with E-state index in [4.69, 9.17) is 4.74 Å². The number of hydrogen-bond donors (Lipinski definition) is 0. The van der Waals surface area contributed by atoms with E-state index < -0.39 is 0 Å². The highest BCUT2D eigenvalue weighted by molar-refractivity contribution is 5.29. The van der Waals surface area contributed by atoms with Gasteiger partial charge in [0, 0.05) is 13.0 Å². The molecule has 2 aromatic carbocycles. The van der Waals surface area contributed by atoms with Crippen LogP contribution in [-0.4, -0.2) is 25.5 Å². The number of benzene rings is 2. The molecule has 0 saturated heterocycles. The minimum atomic E-state index is 0.0976. The van der Waals surface area contributed by atoms with E-state index in [0.29, 0.717) is 0 Å². The van der Waals surface area contributed by atoms with Crippen molar-refractivity contribution in [2.24, 2.45) is 0 Å². The molecule has 0 bridgehead atoms. The molecular formula is C18H23NO. The lowest BCUT2D eigenvalue weighted by Crippen LogP contribution is -2.18. The van der Waals surface area contributed by atoms with Gasteiger partial charge in [-0.1, -0.05) is 42.5 Å². The SMILES string of the molecule is Cc1cccc(OC(CCN(C)C)c2ccccc2)c1. The third kappa shape index (κ3) is 4.39. The van der Waals surface area contributed by atoms with Crippen molar-refractivity contribution in [1.29, 1.82) is 0 Å². The summed E-state index contributed by atoms with van der Waals surface area (Å²) < 4.78 is 6.21. The van der Waals surface area contributed by atoms with Crippen LogP contribution in [-0.2, 0) is 0 Å². The molecule has 1 atom stereocenters. The first-order valence-electron chi connectivity index (χ1n) is 7.08. The van der Waals surface area contributed by atoms with Crippen molar-refractivity contribution in [3.8, 4) is 5.75 Å². The lowest BCUT2D eigenvalue weighted by molar-refractivity contribution is 0.179. The second-order valence-electron chi connectivity index (χ2n) is 5.43. The molecule has 2 heteroatoms. The van der Waals surface area contributed by atoms with Gasteiger partial charge in [0.15, 0.2) is 0 Å². The molecule has 0 aliphatic carbocycles. The summed E-state index contributed by atoms with van der Waals surface area (Å²) in [5.74, 6) is 0.942. The molecule has 0 saturated carbocycles. The van der Waals surface area contributed by atoms with Crippen LogP contribution >= 0.6 is 0 Å². The number of hydrogen-bond acceptors (Lipinski definition) is 2. The molecule has 0 aliphatic rings. The monoisotopic (exact) mass is 269 g/mol. The number of ether oxygens (including phenoxy) is 1. The summed E-state index contributed by atoms with van der Waals surface area (Å²) in [6, 6.07) is 18.7. The van der Waals surface area contributed by atoms with Crippen molar-refractivity contribution in [3.05, 3.63) is 65.7 Å². The Morgan fingerprint density at radius 3 is 2.40 bits per heavy atom. The van der Waals surface area contributed by atoms with E-state index in [9.17, 15) is 0 Å². The molecular weight excluding hydrogens is 246 g/mol. The summed E-state index contributed by atoms with van der Waals surface area (Å²) in [6.07, 6.45) is 1.07. The first-order valence-corrected chi connectivity index (χ1v) is 7.08. The topological polar surface area (TPSA) is 12.5 Å². The Labute approximate surface area is 122 Å². The molecule has 0 heterocycles. The Morgan fingerprint density at radius 1 is 1.00 bits per heavy atom. The Kier molecular flexibility index (Phi) is 5.19. The van der Waals surface area contributed by atoms with Crippen LogP contribution in [0.15, 0.2) is 54.6 Å². The normalized spacial score (nSPS) is 12.4. The van der Waals surface area contributed by atoms with Gasteiger partial charge in [0.25, 0.3) is 0 Å². The van der Waals surface area contributed by atoms with E-state index in [-0.39, 0.29) is 6.10 Å². The van der Waals surface area contributed by atoms with Gasteiger partial charge in [-0.05, 0) is 44.3 Å². The minimum Gasteiger partial charge on any atom is -0.486 e. The Bertz CT molecular complexity index is 522. The second kappa shape index (κ2) is 7.11. The quantitative estimate of drug-likeness (QED) is 0.784. The van der Waals surface area contributed by atoms with Gasteiger partial charge in [-0.25, -0.2) is 0 Å². The highest BCUT2D eigenvalue weighted by atomic mass is 16.5. The molecule has 0 fully saturated rings. The highest BCUT2D eigenvalue weighted by Gasteiger charge is 2.13. The summed E-state index contributed by atoms with van der Waals surface area (Å²) in [5.41, 5.74) is 2.46. The summed E-state index contributed by atoms with van der Waals surface area (Å²) in [5, 5.41) is 0. The van der Waals surface area contributed by atoms with Crippen LogP contribution in [0.4, 0.5) is 0 Å². The van der Waals surface area contributed by atoms with Gasteiger partial charge >= 0.3 is 0 Å².